The summed E-state index contributed by atoms with van der Waals surface area (Å²) in [6.45, 7) is 2.15. The fourth-order valence-electron chi connectivity index (χ4n) is 2.76. The van der Waals surface area contributed by atoms with Gasteiger partial charge >= 0.3 is 0 Å². The molecule has 0 bridgehead atoms. The first-order valence-electron chi connectivity index (χ1n) is 7.48. The van der Waals surface area contributed by atoms with Gasteiger partial charge in [-0.1, -0.05) is 0 Å². The van der Waals surface area contributed by atoms with E-state index in [1.807, 2.05) is 0 Å². The fourth-order valence-corrected chi connectivity index (χ4v) is 3.81. The van der Waals surface area contributed by atoms with E-state index in [0.717, 1.165) is 11.3 Å². The van der Waals surface area contributed by atoms with Crippen molar-refractivity contribution in [2.24, 2.45) is 0 Å². The van der Waals surface area contributed by atoms with Crippen molar-refractivity contribution in [3.8, 4) is 5.75 Å². The number of rotatable bonds is 4. The van der Waals surface area contributed by atoms with Gasteiger partial charge in [0.25, 0.3) is 10.0 Å². The molecular weight excluding hydrogens is 328 g/mol. The van der Waals surface area contributed by atoms with Crippen LogP contribution in [0.2, 0.25) is 0 Å². The zero-order chi connectivity index (χ0) is 17.3. The van der Waals surface area contributed by atoms with Crippen LogP contribution in [0.4, 0.5) is 11.4 Å². The normalized spacial score (nSPS) is 13.5. The van der Waals surface area contributed by atoms with Gasteiger partial charge in [0, 0.05) is 24.8 Å². The van der Waals surface area contributed by atoms with Crippen LogP contribution in [-0.2, 0) is 21.2 Å². The average Bonchev–Trinajstić information content (AvgIpc) is 2.98. The molecular formula is C17H18N2O4S. The lowest BCUT2D eigenvalue weighted by molar-refractivity contribution is -0.116. The number of carbonyl (C=O) groups excluding carboxylic acids is 1. The molecule has 1 heterocycles. The molecule has 0 saturated carbocycles. The number of methoxy groups -OCH3 is 1. The lowest BCUT2D eigenvalue weighted by atomic mass is 10.1. The predicted molar refractivity (Wildman–Crippen MR) is 92.0 cm³/mol. The molecule has 24 heavy (non-hydrogen) atoms. The molecule has 1 aliphatic rings. The highest BCUT2D eigenvalue weighted by molar-refractivity contribution is 7.92. The van der Waals surface area contributed by atoms with E-state index in [2.05, 4.69) is 4.72 Å². The molecule has 126 valence electrons. The number of anilines is 2. The standard InChI is InChI=1S/C17H18N2O4S/c1-12(20)19-10-9-13-11-14(3-8-17(13)19)18-24(21,22)16-6-4-15(23-2)5-7-16/h3-8,11,18H,9-10H2,1-2H3. The fraction of sp³-hybridized carbons (Fsp3) is 0.235. The highest BCUT2D eigenvalue weighted by atomic mass is 32.2. The Labute approximate surface area is 141 Å². The van der Waals surface area contributed by atoms with Crippen LogP contribution in [0.5, 0.6) is 5.75 Å². The van der Waals surface area contributed by atoms with Crippen molar-refractivity contribution in [1.82, 2.24) is 0 Å². The van der Waals surface area contributed by atoms with Gasteiger partial charge in [-0.25, -0.2) is 8.42 Å². The molecule has 2 aromatic carbocycles. The number of fused-ring (bicyclic) bond motifs is 1. The van der Waals surface area contributed by atoms with Gasteiger partial charge in [0.1, 0.15) is 5.75 Å². The number of ether oxygens (including phenoxy) is 1. The molecule has 0 aliphatic carbocycles. The number of amides is 1. The van der Waals surface area contributed by atoms with Crippen LogP contribution >= 0.6 is 0 Å². The van der Waals surface area contributed by atoms with Crippen LogP contribution < -0.4 is 14.4 Å². The maximum atomic E-state index is 12.5. The van der Waals surface area contributed by atoms with Crippen LogP contribution in [0.25, 0.3) is 0 Å². The van der Waals surface area contributed by atoms with E-state index in [-0.39, 0.29) is 10.8 Å². The van der Waals surface area contributed by atoms with Gasteiger partial charge in [-0.2, -0.15) is 0 Å². The van der Waals surface area contributed by atoms with Gasteiger partial charge in [-0.3, -0.25) is 9.52 Å². The second kappa shape index (κ2) is 6.16. The number of hydrogen-bond donors (Lipinski definition) is 1. The molecule has 0 atom stereocenters. The van der Waals surface area contributed by atoms with Gasteiger partial charge in [-0.05, 0) is 54.4 Å². The Morgan fingerprint density at radius 2 is 1.88 bits per heavy atom. The van der Waals surface area contributed by atoms with Crippen molar-refractivity contribution in [3.05, 3.63) is 48.0 Å². The molecule has 3 rings (SSSR count). The van der Waals surface area contributed by atoms with Crippen molar-refractivity contribution in [1.29, 1.82) is 0 Å². The van der Waals surface area contributed by atoms with Gasteiger partial charge in [-0.15, -0.1) is 0 Å². The van der Waals surface area contributed by atoms with Crippen LogP contribution in [-0.4, -0.2) is 28.0 Å². The quantitative estimate of drug-likeness (QED) is 0.922. The lowest BCUT2D eigenvalue weighted by Gasteiger charge is -2.15. The molecule has 0 spiro atoms. The molecule has 1 N–H and O–H groups in total. The summed E-state index contributed by atoms with van der Waals surface area (Å²) in [6.07, 6.45) is 0.715. The lowest BCUT2D eigenvalue weighted by Crippen LogP contribution is -2.25. The molecule has 0 aromatic heterocycles. The molecule has 6 nitrogen and oxygen atoms in total. The summed E-state index contributed by atoms with van der Waals surface area (Å²) in [5, 5.41) is 0. The molecule has 0 radical (unpaired) electrons. The van der Waals surface area contributed by atoms with E-state index < -0.39 is 10.0 Å². The van der Waals surface area contributed by atoms with Crippen LogP contribution in [0, 0.1) is 0 Å². The number of nitrogens with one attached hydrogen (secondary N) is 1. The van der Waals surface area contributed by atoms with Crippen molar-refractivity contribution in [3.63, 3.8) is 0 Å². The van der Waals surface area contributed by atoms with Crippen molar-refractivity contribution < 1.29 is 17.9 Å². The SMILES string of the molecule is COc1ccc(S(=O)(=O)Nc2ccc3c(c2)CCN3C(C)=O)cc1. The van der Waals surface area contributed by atoms with E-state index in [9.17, 15) is 13.2 Å². The second-order valence-electron chi connectivity index (χ2n) is 5.55. The minimum atomic E-state index is -3.67. The average molecular weight is 346 g/mol. The third kappa shape index (κ3) is 3.07. The van der Waals surface area contributed by atoms with Crippen LogP contribution in [0.3, 0.4) is 0 Å². The zero-order valence-electron chi connectivity index (χ0n) is 13.4. The van der Waals surface area contributed by atoms with Crippen molar-refractivity contribution >= 4 is 27.3 Å². The Morgan fingerprint density at radius 1 is 1.17 bits per heavy atom. The monoisotopic (exact) mass is 346 g/mol. The highest BCUT2D eigenvalue weighted by Gasteiger charge is 2.23. The summed E-state index contributed by atoms with van der Waals surface area (Å²) in [5.74, 6) is 0.580. The first-order chi connectivity index (χ1) is 11.4. The van der Waals surface area contributed by atoms with E-state index in [4.69, 9.17) is 4.74 Å². The van der Waals surface area contributed by atoms with Crippen LogP contribution in [0.1, 0.15) is 12.5 Å². The van der Waals surface area contributed by atoms with Crippen molar-refractivity contribution in [2.75, 3.05) is 23.3 Å². The van der Waals surface area contributed by atoms with E-state index in [0.29, 0.717) is 24.4 Å². The molecule has 7 heteroatoms. The molecule has 0 saturated heterocycles. The third-order valence-corrected chi connectivity index (χ3v) is 5.37. The number of hydrogen-bond acceptors (Lipinski definition) is 4. The summed E-state index contributed by atoms with van der Waals surface area (Å²) in [4.78, 5) is 13.4. The molecule has 2 aromatic rings. The Bertz CT molecular complexity index is 876. The topological polar surface area (TPSA) is 75.7 Å². The van der Waals surface area contributed by atoms with E-state index >= 15 is 0 Å². The largest absolute Gasteiger partial charge is 0.497 e. The smallest absolute Gasteiger partial charge is 0.261 e. The van der Waals surface area contributed by atoms with Gasteiger partial charge in [0.05, 0.1) is 12.0 Å². The number of benzene rings is 2. The van der Waals surface area contributed by atoms with Gasteiger partial charge in [0.15, 0.2) is 0 Å². The zero-order valence-corrected chi connectivity index (χ0v) is 14.3. The Kier molecular flexibility index (Phi) is 4.19. The van der Waals surface area contributed by atoms with Gasteiger partial charge in [0.2, 0.25) is 5.91 Å². The molecule has 1 amide bonds. The third-order valence-electron chi connectivity index (χ3n) is 3.98. The Balaban J connectivity index is 1.84. The summed E-state index contributed by atoms with van der Waals surface area (Å²) < 4.78 is 32.5. The first-order valence-corrected chi connectivity index (χ1v) is 8.97. The summed E-state index contributed by atoms with van der Waals surface area (Å²) in [7, 11) is -2.15. The molecule has 1 aliphatic heterocycles. The maximum Gasteiger partial charge on any atom is 0.261 e. The number of sulfonamides is 1. The Morgan fingerprint density at radius 3 is 2.50 bits per heavy atom. The number of carbonyl (C=O) groups is 1. The Hall–Kier alpha value is -2.54. The minimum Gasteiger partial charge on any atom is -0.497 e. The molecule has 0 fully saturated rings. The minimum absolute atomic E-state index is 0.0136. The summed E-state index contributed by atoms with van der Waals surface area (Å²) >= 11 is 0. The van der Waals surface area contributed by atoms with Crippen molar-refractivity contribution in [2.45, 2.75) is 18.2 Å². The van der Waals surface area contributed by atoms with E-state index in [1.54, 1.807) is 35.2 Å². The first kappa shape index (κ1) is 16.3. The highest BCUT2D eigenvalue weighted by Crippen LogP contribution is 2.31. The number of nitrogens with zero attached hydrogens (tertiary/aromatic N) is 1. The van der Waals surface area contributed by atoms with Gasteiger partial charge < -0.3 is 9.64 Å². The predicted octanol–water partition coefficient (Wildman–Crippen LogP) is 2.41. The second-order valence-corrected chi connectivity index (χ2v) is 7.23. The maximum absolute atomic E-state index is 12.5. The van der Waals surface area contributed by atoms with Crippen LogP contribution in [0.15, 0.2) is 47.4 Å². The summed E-state index contributed by atoms with van der Waals surface area (Å²) in [6, 6.07) is 11.4. The summed E-state index contributed by atoms with van der Waals surface area (Å²) in [5.41, 5.74) is 2.28. The van der Waals surface area contributed by atoms with E-state index in [1.165, 1.54) is 26.2 Å². The molecule has 0 unspecified atom stereocenters.